The zero-order valence-corrected chi connectivity index (χ0v) is 13.5. The summed E-state index contributed by atoms with van der Waals surface area (Å²) in [7, 11) is 0. The van der Waals surface area contributed by atoms with Crippen molar-refractivity contribution in [3.63, 3.8) is 0 Å². The molecule has 0 spiro atoms. The van der Waals surface area contributed by atoms with Crippen LogP contribution < -0.4 is 0 Å². The van der Waals surface area contributed by atoms with Gasteiger partial charge in [0.1, 0.15) is 5.82 Å². The largest absolute Gasteiger partial charge is 0.391 e. The predicted molar refractivity (Wildman–Crippen MR) is 82.7 cm³/mol. The molecule has 20 heavy (non-hydrogen) atoms. The van der Waals surface area contributed by atoms with Gasteiger partial charge in [-0.25, -0.2) is 4.39 Å². The topological polar surface area (TPSA) is 23.5 Å². The Balaban J connectivity index is 2.94. The molecule has 4 heteroatoms. The van der Waals surface area contributed by atoms with Crippen molar-refractivity contribution in [1.29, 1.82) is 0 Å². The Hall–Kier alpha value is -0.640. The molecule has 114 valence electrons. The Labute approximate surface area is 126 Å². The minimum absolute atomic E-state index is 0.304. The first-order valence-electron chi connectivity index (χ1n) is 7.26. The van der Waals surface area contributed by atoms with Crippen LogP contribution in [0, 0.1) is 5.82 Å². The number of benzene rings is 1. The van der Waals surface area contributed by atoms with E-state index in [-0.39, 0.29) is 11.4 Å². The van der Waals surface area contributed by atoms with Crippen molar-refractivity contribution in [1.82, 2.24) is 4.90 Å². The summed E-state index contributed by atoms with van der Waals surface area (Å²) in [6, 6.07) is 4.33. The van der Waals surface area contributed by atoms with E-state index in [1.54, 1.807) is 6.07 Å². The molecule has 0 aliphatic heterocycles. The molecule has 0 fully saturated rings. The first-order valence-corrected chi connectivity index (χ1v) is 7.63. The van der Waals surface area contributed by atoms with Crippen LogP contribution in [-0.4, -0.2) is 34.7 Å². The van der Waals surface area contributed by atoms with E-state index in [0.717, 1.165) is 25.1 Å². The van der Waals surface area contributed by atoms with Crippen LogP contribution in [0.25, 0.3) is 0 Å². The molecule has 1 N–H and O–H groups in total. The number of aliphatic hydroxyl groups excluding tert-OH is 1. The lowest BCUT2D eigenvalue weighted by Gasteiger charge is -2.43. The highest BCUT2D eigenvalue weighted by molar-refractivity contribution is 6.31. The van der Waals surface area contributed by atoms with E-state index in [9.17, 15) is 9.50 Å². The zero-order chi connectivity index (χ0) is 15.3. The van der Waals surface area contributed by atoms with E-state index < -0.39 is 6.10 Å². The van der Waals surface area contributed by atoms with E-state index >= 15 is 0 Å². The van der Waals surface area contributed by atoms with Gasteiger partial charge in [-0.2, -0.15) is 0 Å². The highest BCUT2D eigenvalue weighted by Gasteiger charge is 2.36. The molecule has 2 atom stereocenters. The van der Waals surface area contributed by atoms with Crippen LogP contribution in [0.3, 0.4) is 0 Å². The lowest BCUT2D eigenvalue weighted by Crippen LogP contribution is -2.54. The van der Waals surface area contributed by atoms with Gasteiger partial charge in [-0.15, -0.1) is 0 Å². The molecule has 1 rings (SSSR count). The monoisotopic (exact) mass is 301 g/mol. The maximum absolute atomic E-state index is 13.1. The van der Waals surface area contributed by atoms with Crippen molar-refractivity contribution < 1.29 is 9.50 Å². The molecular weight excluding hydrogens is 277 g/mol. The van der Waals surface area contributed by atoms with E-state index in [1.165, 1.54) is 12.1 Å². The van der Waals surface area contributed by atoms with Gasteiger partial charge in [-0.1, -0.05) is 38.4 Å². The Kier molecular flexibility index (Phi) is 6.44. The van der Waals surface area contributed by atoms with Crippen molar-refractivity contribution in [2.45, 2.75) is 52.2 Å². The van der Waals surface area contributed by atoms with E-state index in [1.807, 2.05) is 0 Å². The smallest absolute Gasteiger partial charge is 0.124 e. The maximum atomic E-state index is 13.1. The Bertz CT molecular complexity index is 436. The lowest BCUT2D eigenvalue weighted by molar-refractivity contribution is -0.0190. The molecule has 0 radical (unpaired) electrons. The second kappa shape index (κ2) is 7.39. The van der Waals surface area contributed by atoms with Crippen molar-refractivity contribution >= 4 is 11.6 Å². The number of nitrogens with zero attached hydrogens (tertiary/aromatic N) is 1. The van der Waals surface area contributed by atoms with E-state index in [0.29, 0.717) is 11.4 Å². The van der Waals surface area contributed by atoms with Crippen molar-refractivity contribution in [3.05, 3.63) is 34.6 Å². The molecule has 0 aliphatic rings. The van der Waals surface area contributed by atoms with Crippen LogP contribution in [-0.2, 0) is 6.42 Å². The van der Waals surface area contributed by atoms with Crippen LogP contribution in [0.1, 0.15) is 39.7 Å². The average molecular weight is 302 g/mol. The third kappa shape index (κ3) is 3.72. The molecule has 0 saturated heterocycles. The second-order valence-corrected chi connectivity index (χ2v) is 5.75. The molecule has 0 aromatic heterocycles. The molecule has 0 aliphatic carbocycles. The second-order valence-electron chi connectivity index (χ2n) is 5.34. The minimum Gasteiger partial charge on any atom is -0.391 e. The summed E-state index contributed by atoms with van der Waals surface area (Å²) in [5.74, 6) is -0.352. The van der Waals surface area contributed by atoms with Gasteiger partial charge < -0.3 is 5.11 Å². The summed E-state index contributed by atoms with van der Waals surface area (Å²) in [6.07, 6.45) is 0.726. The zero-order valence-electron chi connectivity index (χ0n) is 12.8. The van der Waals surface area contributed by atoms with E-state index in [2.05, 4.69) is 32.6 Å². The predicted octanol–water partition coefficient (Wildman–Crippen LogP) is 3.89. The molecule has 1 aromatic carbocycles. The van der Waals surface area contributed by atoms with Crippen LogP contribution in [0.4, 0.5) is 4.39 Å². The molecule has 2 unspecified atom stereocenters. The standard InChI is InChI=1S/C16H25ClFNO/c1-5-16(4,19(6-2)7-3)15(20)10-12-8-9-13(18)11-14(12)17/h8-9,11,15,20H,5-7,10H2,1-4H3. The molecular formula is C16H25ClFNO. The summed E-state index contributed by atoms with van der Waals surface area (Å²) in [5.41, 5.74) is 0.480. The maximum Gasteiger partial charge on any atom is 0.124 e. The molecule has 0 heterocycles. The summed E-state index contributed by atoms with van der Waals surface area (Å²) in [4.78, 5) is 2.26. The van der Waals surface area contributed by atoms with Crippen LogP contribution in [0.5, 0.6) is 0 Å². The number of hydrogen-bond acceptors (Lipinski definition) is 2. The normalized spacial score (nSPS) is 16.2. The first kappa shape index (κ1) is 17.4. The van der Waals surface area contributed by atoms with Gasteiger partial charge in [-0.05, 0) is 44.1 Å². The fourth-order valence-corrected chi connectivity index (χ4v) is 2.98. The minimum atomic E-state index is -0.546. The summed E-state index contributed by atoms with van der Waals surface area (Å²) >= 11 is 6.05. The summed E-state index contributed by atoms with van der Waals surface area (Å²) in [6.45, 7) is 10.1. The first-order chi connectivity index (χ1) is 9.38. The van der Waals surface area contributed by atoms with Crippen molar-refractivity contribution in [3.8, 4) is 0 Å². The fraction of sp³-hybridized carbons (Fsp3) is 0.625. The van der Waals surface area contributed by atoms with Crippen LogP contribution >= 0.6 is 11.6 Å². The third-order valence-corrected chi connectivity index (χ3v) is 4.70. The molecule has 0 bridgehead atoms. The SMILES string of the molecule is CCN(CC)C(C)(CC)C(O)Cc1ccc(F)cc1Cl. The van der Waals surface area contributed by atoms with Crippen LogP contribution in [0.15, 0.2) is 18.2 Å². The van der Waals surface area contributed by atoms with Gasteiger partial charge in [0.15, 0.2) is 0 Å². The van der Waals surface area contributed by atoms with Crippen LogP contribution in [0.2, 0.25) is 5.02 Å². The Morgan fingerprint density at radius 3 is 2.35 bits per heavy atom. The van der Waals surface area contributed by atoms with Gasteiger partial charge in [-0.3, -0.25) is 4.90 Å². The highest BCUT2D eigenvalue weighted by atomic mass is 35.5. The Morgan fingerprint density at radius 1 is 1.30 bits per heavy atom. The molecule has 2 nitrogen and oxygen atoms in total. The molecule has 0 saturated carbocycles. The summed E-state index contributed by atoms with van der Waals surface area (Å²) < 4.78 is 13.1. The van der Waals surface area contributed by atoms with Gasteiger partial charge in [0, 0.05) is 17.0 Å². The number of rotatable bonds is 7. The summed E-state index contributed by atoms with van der Waals surface area (Å²) in [5, 5.41) is 11.0. The lowest BCUT2D eigenvalue weighted by atomic mass is 9.85. The van der Waals surface area contributed by atoms with Gasteiger partial charge >= 0.3 is 0 Å². The van der Waals surface area contributed by atoms with Crippen molar-refractivity contribution in [2.24, 2.45) is 0 Å². The number of halogens is 2. The van der Waals surface area contributed by atoms with E-state index in [4.69, 9.17) is 11.6 Å². The quantitative estimate of drug-likeness (QED) is 0.826. The van der Waals surface area contributed by atoms with Gasteiger partial charge in [0.05, 0.1) is 6.10 Å². The van der Waals surface area contributed by atoms with Gasteiger partial charge in [0.25, 0.3) is 0 Å². The average Bonchev–Trinajstić information content (AvgIpc) is 2.42. The molecule has 0 amide bonds. The Morgan fingerprint density at radius 2 is 1.90 bits per heavy atom. The third-order valence-electron chi connectivity index (χ3n) is 4.35. The fourth-order valence-electron chi connectivity index (χ4n) is 2.73. The number of likely N-dealkylation sites (N-methyl/N-ethyl adjacent to an activating group) is 1. The molecule has 1 aromatic rings. The van der Waals surface area contributed by atoms with Gasteiger partial charge in [0.2, 0.25) is 0 Å². The number of hydrogen-bond donors (Lipinski definition) is 1. The highest BCUT2D eigenvalue weighted by Crippen LogP contribution is 2.28. The van der Waals surface area contributed by atoms with Crippen molar-refractivity contribution in [2.75, 3.05) is 13.1 Å². The number of aliphatic hydroxyl groups is 1.